The highest BCUT2D eigenvalue weighted by Gasteiger charge is 2.33. The fourth-order valence-electron chi connectivity index (χ4n) is 5.27. The van der Waals surface area contributed by atoms with Crippen molar-refractivity contribution in [2.45, 2.75) is 31.3 Å². The van der Waals surface area contributed by atoms with Gasteiger partial charge in [0, 0.05) is 31.7 Å². The van der Waals surface area contributed by atoms with Crippen LogP contribution in [0.25, 0.3) is 11.0 Å². The Labute approximate surface area is 211 Å². The number of alkyl halides is 3. The van der Waals surface area contributed by atoms with E-state index in [4.69, 9.17) is 10.5 Å². The number of halogens is 3. The number of amides is 1. The lowest BCUT2D eigenvalue weighted by Gasteiger charge is -2.37. The molecule has 4 heterocycles. The van der Waals surface area contributed by atoms with Gasteiger partial charge in [-0.1, -0.05) is 12.1 Å². The van der Waals surface area contributed by atoms with E-state index in [9.17, 15) is 23.1 Å². The van der Waals surface area contributed by atoms with Crippen molar-refractivity contribution < 1.29 is 27.8 Å². The molecule has 0 aliphatic carbocycles. The highest BCUT2D eigenvalue weighted by atomic mass is 19.4. The Balaban J connectivity index is 1.37. The summed E-state index contributed by atoms with van der Waals surface area (Å²) in [6, 6.07) is 6.80. The molecule has 2 aliphatic rings. The maximum atomic E-state index is 13.1. The zero-order valence-electron chi connectivity index (χ0n) is 20.1. The number of benzene rings is 1. The number of nitrogens with two attached hydrogens (primary N) is 1. The third-order valence-electron chi connectivity index (χ3n) is 7.17. The SMILES string of the molecule is NC(=O)CN1CC[C@H](Cn2ccc3c(N4CCOC[C@@H]4c4ccc(C(F)(F)F)cc4)ncnc32)[C@@H](O)C1. The summed E-state index contributed by atoms with van der Waals surface area (Å²) in [6.45, 7) is 3.07. The number of rotatable bonds is 6. The number of primary amides is 1. The van der Waals surface area contributed by atoms with Crippen LogP contribution < -0.4 is 10.6 Å². The summed E-state index contributed by atoms with van der Waals surface area (Å²) < 4.78 is 46.8. The van der Waals surface area contributed by atoms with Crippen LogP contribution in [0, 0.1) is 5.92 Å². The zero-order valence-corrected chi connectivity index (χ0v) is 20.1. The van der Waals surface area contributed by atoms with E-state index in [2.05, 4.69) is 14.9 Å². The number of β-amino-alcohol motifs (C(OH)–C–C–N with tert-alkyl or cyclic N) is 1. The first-order valence-corrected chi connectivity index (χ1v) is 12.2. The molecule has 2 aromatic heterocycles. The Hall–Kier alpha value is -3.22. The predicted molar refractivity (Wildman–Crippen MR) is 130 cm³/mol. The van der Waals surface area contributed by atoms with Gasteiger partial charge in [0.1, 0.15) is 17.8 Å². The largest absolute Gasteiger partial charge is 0.416 e. The molecule has 37 heavy (non-hydrogen) atoms. The molecule has 3 N–H and O–H groups in total. The van der Waals surface area contributed by atoms with E-state index in [-0.39, 0.29) is 18.5 Å². The predicted octanol–water partition coefficient (Wildman–Crippen LogP) is 2.20. The first kappa shape index (κ1) is 25.4. The van der Waals surface area contributed by atoms with Crippen molar-refractivity contribution in [3.05, 3.63) is 54.0 Å². The topological polar surface area (TPSA) is 110 Å². The molecule has 3 aromatic rings. The lowest BCUT2D eigenvalue weighted by atomic mass is 9.93. The van der Waals surface area contributed by atoms with Crippen molar-refractivity contribution in [1.82, 2.24) is 19.4 Å². The minimum atomic E-state index is -4.39. The smallest absolute Gasteiger partial charge is 0.391 e. The molecule has 2 fully saturated rings. The van der Waals surface area contributed by atoms with Gasteiger partial charge < -0.3 is 25.0 Å². The van der Waals surface area contributed by atoms with Crippen molar-refractivity contribution in [3.63, 3.8) is 0 Å². The Bertz CT molecular complexity index is 1250. The number of aliphatic hydroxyl groups is 1. The van der Waals surface area contributed by atoms with Crippen LogP contribution in [0.5, 0.6) is 0 Å². The number of piperidine rings is 1. The summed E-state index contributed by atoms with van der Waals surface area (Å²) in [7, 11) is 0. The molecule has 1 aromatic carbocycles. The number of nitrogens with zero attached hydrogens (tertiary/aromatic N) is 5. The van der Waals surface area contributed by atoms with Crippen LogP contribution in [0.2, 0.25) is 0 Å². The highest BCUT2D eigenvalue weighted by molar-refractivity contribution is 5.88. The number of hydrogen-bond acceptors (Lipinski definition) is 7. The first-order chi connectivity index (χ1) is 17.7. The standard InChI is InChI=1S/C25H29F3N6O3/c26-25(27,28)18-3-1-16(2-4-18)20-14-37-10-9-34(20)24-19-6-8-33(23(19)30-15-31-24)11-17-5-7-32(12-21(17)35)13-22(29)36/h1-4,6,8,15,17,20-21,35H,5,7,9-14H2,(H2,29,36)/t17-,20-,21+/m1/s1. The fourth-order valence-corrected chi connectivity index (χ4v) is 5.27. The van der Waals surface area contributed by atoms with E-state index in [0.717, 1.165) is 23.2 Å². The van der Waals surface area contributed by atoms with Crippen LogP contribution in [-0.4, -0.2) is 75.9 Å². The molecule has 9 nitrogen and oxygen atoms in total. The molecular weight excluding hydrogens is 489 g/mol. The summed E-state index contributed by atoms with van der Waals surface area (Å²) in [5.74, 6) is 0.263. The van der Waals surface area contributed by atoms with E-state index in [1.165, 1.54) is 18.5 Å². The van der Waals surface area contributed by atoms with Crippen molar-refractivity contribution in [1.29, 1.82) is 0 Å². The Kier molecular flexibility index (Phi) is 7.06. The normalized spacial score (nSPS) is 23.5. The van der Waals surface area contributed by atoms with Gasteiger partial charge >= 0.3 is 6.18 Å². The second-order valence-corrected chi connectivity index (χ2v) is 9.62. The van der Waals surface area contributed by atoms with Gasteiger partial charge in [-0.05, 0) is 36.7 Å². The average molecular weight is 519 g/mol. The Morgan fingerprint density at radius 2 is 1.95 bits per heavy atom. The third-order valence-corrected chi connectivity index (χ3v) is 7.17. The number of aromatic nitrogens is 3. The molecule has 0 unspecified atom stereocenters. The number of likely N-dealkylation sites (tertiary alicyclic amines) is 1. The number of ether oxygens (including phenoxy) is 1. The number of morpholine rings is 1. The summed E-state index contributed by atoms with van der Waals surface area (Å²) in [5.41, 5.74) is 6.02. The van der Waals surface area contributed by atoms with Crippen molar-refractivity contribution in [3.8, 4) is 0 Å². The number of aliphatic hydroxyl groups excluding tert-OH is 1. The van der Waals surface area contributed by atoms with Crippen LogP contribution in [0.1, 0.15) is 23.6 Å². The molecule has 0 radical (unpaired) electrons. The van der Waals surface area contributed by atoms with Gasteiger partial charge in [0.2, 0.25) is 5.91 Å². The molecular formula is C25H29F3N6O3. The van der Waals surface area contributed by atoms with E-state index in [1.807, 2.05) is 21.7 Å². The quantitative estimate of drug-likeness (QED) is 0.515. The highest BCUT2D eigenvalue weighted by Crippen LogP contribution is 2.35. The van der Waals surface area contributed by atoms with Gasteiger partial charge in [-0.3, -0.25) is 9.69 Å². The van der Waals surface area contributed by atoms with Gasteiger partial charge in [0.25, 0.3) is 0 Å². The lowest BCUT2D eigenvalue weighted by Crippen LogP contribution is -2.47. The molecule has 0 saturated carbocycles. The molecule has 1 amide bonds. The second kappa shape index (κ2) is 10.3. The summed E-state index contributed by atoms with van der Waals surface area (Å²) >= 11 is 0. The maximum Gasteiger partial charge on any atom is 0.416 e. The summed E-state index contributed by atoms with van der Waals surface area (Å²) in [6.07, 6.45) is -0.881. The number of anilines is 1. The number of hydrogen-bond donors (Lipinski definition) is 2. The average Bonchev–Trinajstić information content (AvgIpc) is 3.28. The minimum absolute atomic E-state index is 0.0126. The maximum absolute atomic E-state index is 13.1. The van der Waals surface area contributed by atoms with Gasteiger partial charge in [-0.2, -0.15) is 13.2 Å². The van der Waals surface area contributed by atoms with Crippen molar-refractivity contribution in [2.24, 2.45) is 11.7 Å². The second-order valence-electron chi connectivity index (χ2n) is 9.62. The summed E-state index contributed by atoms with van der Waals surface area (Å²) in [5, 5.41) is 11.5. The van der Waals surface area contributed by atoms with Crippen LogP contribution >= 0.6 is 0 Å². The number of fused-ring (bicyclic) bond motifs is 1. The fraction of sp³-hybridized carbons (Fsp3) is 0.480. The third kappa shape index (κ3) is 5.41. The molecule has 0 bridgehead atoms. The monoisotopic (exact) mass is 518 g/mol. The molecule has 3 atom stereocenters. The van der Waals surface area contributed by atoms with Gasteiger partial charge in [-0.25, -0.2) is 9.97 Å². The van der Waals surface area contributed by atoms with Gasteiger partial charge in [-0.15, -0.1) is 0 Å². The van der Waals surface area contributed by atoms with E-state index < -0.39 is 23.8 Å². The van der Waals surface area contributed by atoms with Crippen LogP contribution in [0.15, 0.2) is 42.9 Å². The van der Waals surface area contributed by atoms with Crippen LogP contribution in [0.3, 0.4) is 0 Å². The molecule has 5 rings (SSSR count). The Morgan fingerprint density at radius 3 is 2.65 bits per heavy atom. The van der Waals surface area contributed by atoms with Gasteiger partial charge in [0.05, 0.1) is 42.9 Å². The van der Waals surface area contributed by atoms with Gasteiger partial charge in [0.15, 0.2) is 0 Å². The molecule has 0 spiro atoms. The Morgan fingerprint density at radius 1 is 1.16 bits per heavy atom. The molecule has 2 saturated heterocycles. The number of carbonyl (C=O) groups is 1. The van der Waals surface area contributed by atoms with E-state index >= 15 is 0 Å². The molecule has 12 heteroatoms. The zero-order chi connectivity index (χ0) is 26.2. The number of carbonyl (C=O) groups excluding carboxylic acids is 1. The molecule has 2 aliphatic heterocycles. The summed E-state index contributed by atoms with van der Waals surface area (Å²) in [4.78, 5) is 24.2. The van der Waals surface area contributed by atoms with Crippen LogP contribution in [-0.2, 0) is 22.3 Å². The lowest BCUT2D eigenvalue weighted by molar-refractivity contribution is -0.137. The van der Waals surface area contributed by atoms with E-state index in [0.29, 0.717) is 57.2 Å². The van der Waals surface area contributed by atoms with Crippen molar-refractivity contribution in [2.75, 3.05) is 44.3 Å². The van der Waals surface area contributed by atoms with Crippen LogP contribution in [0.4, 0.5) is 19.0 Å². The van der Waals surface area contributed by atoms with E-state index in [1.54, 1.807) is 0 Å². The van der Waals surface area contributed by atoms with Crippen molar-refractivity contribution >= 4 is 22.8 Å². The molecule has 198 valence electrons. The minimum Gasteiger partial charge on any atom is -0.391 e. The first-order valence-electron chi connectivity index (χ1n) is 12.2.